The molecule has 0 aliphatic carbocycles. The Morgan fingerprint density at radius 1 is 1.16 bits per heavy atom. The number of carbonyl (C=O) groups is 1. The molecule has 0 N–H and O–H groups in total. The fourth-order valence-corrected chi connectivity index (χ4v) is 1.97. The summed E-state index contributed by atoms with van der Waals surface area (Å²) in [4.78, 5) is 23.2. The quantitative estimate of drug-likeness (QED) is 0.522. The zero-order valence-electron chi connectivity index (χ0n) is 10.4. The van der Waals surface area contributed by atoms with Crippen LogP contribution in [0.4, 0.5) is 0 Å². The van der Waals surface area contributed by atoms with E-state index in [2.05, 4.69) is 0 Å². The van der Waals surface area contributed by atoms with E-state index < -0.39 is 5.63 Å². The number of ether oxygens (including phenoxy) is 1. The molecule has 0 radical (unpaired) electrons. The van der Waals surface area contributed by atoms with Gasteiger partial charge >= 0.3 is 5.63 Å². The maximum Gasteiger partial charge on any atom is 0.347 e. The highest BCUT2D eigenvalue weighted by molar-refractivity contribution is 6.04. The molecule has 0 saturated heterocycles. The number of hydrogen-bond acceptors (Lipinski definition) is 5. The molecule has 1 aromatic carbocycles. The van der Waals surface area contributed by atoms with Crippen LogP contribution in [0, 0.1) is 0 Å². The van der Waals surface area contributed by atoms with E-state index in [1.54, 1.807) is 18.2 Å². The zero-order chi connectivity index (χ0) is 13.6. The molecule has 0 atom stereocenters. The van der Waals surface area contributed by atoms with Crippen LogP contribution in [0.25, 0.3) is 21.9 Å². The Balaban J connectivity index is 2.45. The summed E-state index contributed by atoms with van der Waals surface area (Å²) in [6, 6.07) is 6.48. The number of rotatable bonds is 2. The summed E-state index contributed by atoms with van der Waals surface area (Å²) in [7, 11) is 1.53. The minimum atomic E-state index is -0.535. The van der Waals surface area contributed by atoms with Crippen molar-refractivity contribution < 1.29 is 18.4 Å². The lowest BCUT2D eigenvalue weighted by Crippen LogP contribution is -1.97. The van der Waals surface area contributed by atoms with E-state index in [0.29, 0.717) is 22.3 Å². The van der Waals surface area contributed by atoms with Crippen molar-refractivity contribution >= 4 is 27.7 Å². The summed E-state index contributed by atoms with van der Waals surface area (Å²) >= 11 is 0. The maximum atomic E-state index is 11.8. The molecule has 5 nitrogen and oxygen atoms in total. The first kappa shape index (κ1) is 11.5. The Bertz CT molecular complexity index is 853. The molecule has 0 unspecified atom stereocenters. The Morgan fingerprint density at radius 2 is 1.95 bits per heavy atom. The lowest BCUT2D eigenvalue weighted by molar-refractivity contribution is 0.0989. The average Bonchev–Trinajstić information content (AvgIpc) is 2.84. The lowest BCUT2D eigenvalue weighted by Gasteiger charge is -2.01. The third-order valence-corrected chi connectivity index (χ3v) is 2.94. The normalized spacial score (nSPS) is 11.1. The molecule has 0 spiro atoms. The number of furan rings is 1. The van der Waals surface area contributed by atoms with Crippen LogP contribution in [0.3, 0.4) is 0 Å². The van der Waals surface area contributed by atoms with Crippen LogP contribution in [-0.2, 0) is 0 Å². The van der Waals surface area contributed by atoms with E-state index in [9.17, 15) is 9.59 Å². The van der Waals surface area contributed by atoms with Gasteiger partial charge in [-0.05, 0) is 12.1 Å². The van der Waals surface area contributed by atoms with Gasteiger partial charge in [-0.25, -0.2) is 4.79 Å². The first-order valence-corrected chi connectivity index (χ1v) is 5.65. The van der Waals surface area contributed by atoms with Crippen molar-refractivity contribution in [2.45, 2.75) is 6.92 Å². The van der Waals surface area contributed by atoms with Gasteiger partial charge in [-0.15, -0.1) is 0 Å². The minimum Gasteiger partial charge on any atom is -0.497 e. The molecule has 96 valence electrons. The topological polar surface area (TPSA) is 69.7 Å². The van der Waals surface area contributed by atoms with Gasteiger partial charge in [-0.3, -0.25) is 4.79 Å². The molecular formula is C14H10O5. The molecule has 2 heterocycles. The van der Waals surface area contributed by atoms with Crippen molar-refractivity contribution in [1.82, 2.24) is 0 Å². The van der Waals surface area contributed by atoms with Gasteiger partial charge in [-0.2, -0.15) is 0 Å². The van der Waals surface area contributed by atoms with Crippen LogP contribution >= 0.6 is 0 Å². The van der Waals surface area contributed by atoms with Crippen molar-refractivity contribution in [2.75, 3.05) is 7.11 Å². The smallest absolute Gasteiger partial charge is 0.347 e. The number of methoxy groups -OCH3 is 1. The highest BCUT2D eigenvalue weighted by Crippen LogP contribution is 2.28. The van der Waals surface area contributed by atoms with E-state index in [4.69, 9.17) is 13.6 Å². The Morgan fingerprint density at radius 3 is 2.63 bits per heavy atom. The summed E-state index contributed by atoms with van der Waals surface area (Å²) in [6.45, 7) is 1.38. The van der Waals surface area contributed by atoms with Crippen LogP contribution in [0.5, 0.6) is 5.75 Å². The number of fused-ring (bicyclic) bond motifs is 3. The van der Waals surface area contributed by atoms with Gasteiger partial charge < -0.3 is 13.6 Å². The van der Waals surface area contributed by atoms with E-state index >= 15 is 0 Å². The second kappa shape index (κ2) is 3.98. The molecule has 0 amide bonds. The van der Waals surface area contributed by atoms with Gasteiger partial charge in [-0.1, -0.05) is 0 Å². The SMILES string of the molecule is COc1ccc2c(c1)oc(=O)c1cc(C(C)=O)oc12. The average molecular weight is 258 g/mol. The van der Waals surface area contributed by atoms with Crippen molar-refractivity contribution in [3.8, 4) is 5.75 Å². The Hall–Kier alpha value is -2.56. The summed E-state index contributed by atoms with van der Waals surface area (Å²) in [5, 5.41) is 0.894. The van der Waals surface area contributed by atoms with Crippen LogP contribution in [0.1, 0.15) is 17.5 Å². The fraction of sp³-hybridized carbons (Fsp3) is 0.143. The molecule has 19 heavy (non-hydrogen) atoms. The first-order valence-electron chi connectivity index (χ1n) is 5.65. The van der Waals surface area contributed by atoms with E-state index in [-0.39, 0.29) is 16.9 Å². The zero-order valence-corrected chi connectivity index (χ0v) is 10.4. The van der Waals surface area contributed by atoms with Gasteiger partial charge in [0.2, 0.25) is 0 Å². The molecule has 0 saturated carbocycles. The summed E-state index contributed by atoms with van der Waals surface area (Å²) < 4.78 is 15.7. The number of Topliss-reactive ketones (excluding diaryl/α,β-unsaturated/α-hetero) is 1. The van der Waals surface area contributed by atoms with Crippen molar-refractivity contribution in [1.29, 1.82) is 0 Å². The second-order valence-corrected chi connectivity index (χ2v) is 4.16. The number of hydrogen-bond donors (Lipinski definition) is 0. The highest BCUT2D eigenvalue weighted by Gasteiger charge is 2.15. The second-order valence-electron chi connectivity index (χ2n) is 4.16. The predicted molar refractivity (Wildman–Crippen MR) is 68.8 cm³/mol. The fourth-order valence-electron chi connectivity index (χ4n) is 1.97. The molecule has 3 aromatic rings. The van der Waals surface area contributed by atoms with Crippen LogP contribution < -0.4 is 10.4 Å². The van der Waals surface area contributed by atoms with Gasteiger partial charge in [0.1, 0.15) is 16.7 Å². The molecule has 2 aromatic heterocycles. The number of ketones is 1. The monoisotopic (exact) mass is 258 g/mol. The number of carbonyl (C=O) groups excluding carboxylic acids is 1. The van der Waals surface area contributed by atoms with Crippen LogP contribution in [-0.4, -0.2) is 12.9 Å². The van der Waals surface area contributed by atoms with Crippen LogP contribution in [0.2, 0.25) is 0 Å². The van der Waals surface area contributed by atoms with Gasteiger partial charge in [0.15, 0.2) is 17.1 Å². The molecular weight excluding hydrogens is 248 g/mol. The van der Waals surface area contributed by atoms with E-state index in [1.165, 1.54) is 20.1 Å². The molecule has 0 aliphatic heterocycles. The van der Waals surface area contributed by atoms with Crippen molar-refractivity contribution in [3.05, 3.63) is 40.4 Å². The standard InChI is InChI=1S/C14H10O5/c1-7(15)11-6-10-13(18-11)9-4-3-8(17-2)5-12(9)19-14(10)16/h3-6H,1-2H3. The molecule has 0 fully saturated rings. The van der Waals surface area contributed by atoms with Gasteiger partial charge in [0.05, 0.1) is 12.5 Å². The van der Waals surface area contributed by atoms with E-state index in [0.717, 1.165) is 0 Å². The van der Waals surface area contributed by atoms with E-state index in [1.807, 2.05) is 0 Å². The predicted octanol–water partition coefficient (Wildman–Crippen LogP) is 2.75. The Labute approximate surface area is 107 Å². The van der Waals surface area contributed by atoms with Gasteiger partial charge in [0, 0.05) is 19.1 Å². The molecule has 0 bridgehead atoms. The number of benzene rings is 1. The third kappa shape index (κ3) is 1.71. The van der Waals surface area contributed by atoms with Crippen LogP contribution in [0.15, 0.2) is 37.9 Å². The molecule has 3 rings (SSSR count). The van der Waals surface area contributed by atoms with Gasteiger partial charge in [0.25, 0.3) is 0 Å². The summed E-state index contributed by atoms with van der Waals surface area (Å²) in [5.74, 6) is 0.483. The molecule has 5 heteroatoms. The largest absolute Gasteiger partial charge is 0.497 e. The summed E-state index contributed by atoms with van der Waals surface area (Å²) in [5.41, 5.74) is 0.187. The molecule has 0 aliphatic rings. The minimum absolute atomic E-state index is 0.144. The third-order valence-electron chi connectivity index (χ3n) is 2.94. The summed E-state index contributed by atoms with van der Waals surface area (Å²) in [6.07, 6.45) is 0. The highest BCUT2D eigenvalue weighted by atomic mass is 16.5. The maximum absolute atomic E-state index is 11.8. The lowest BCUT2D eigenvalue weighted by atomic mass is 10.2. The first-order chi connectivity index (χ1) is 9.10. The van der Waals surface area contributed by atoms with Crippen molar-refractivity contribution in [3.63, 3.8) is 0 Å². The van der Waals surface area contributed by atoms with Crippen molar-refractivity contribution in [2.24, 2.45) is 0 Å². The Kier molecular flexibility index (Phi) is 2.41.